The van der Waals surface area contributed by atoms with E-state index in [1.54, 1.807) is 13.8 Å². The third-order valence-corrected chi connectivity index (χ3v) is 14.5. The van der Waals surface area contributed by atoms with E-state index < -0.39 is 142 Å². The van der Waals surface area contributed by atoms with Crippen molar-refractivity contribution in [3.8, 4) is 0 Å². The Labute approximate surface area is 290 Å². The molecule has 5 aliphatic carbocycles. The molecular formula is C36H48O14. The van der Waals surface area contributed by atoms with Crippen LogP contribution in [0.15, 0.2) is 0 Å². The van der Waals surface area contributed by atoms with Crippen LogP contribution in [0.3, 0.4) is 0 Å². The van der Waals surface area contributed by atoms with Gasteiger partial charge in [-0.3, -0.25) is 24.0 Å². The molecule has 276 valence electrons. The summed E-state index contributed by atoms with van der Waals surface area (Å²) in [6, 6.07) is 0. The minimum absolute atomic E-state index is 0.225. The molecule has 0 bridgehead atoms. The summed E-state index contributed by atoms with van der Waals surface area (Å²) in [5.74, 6) is -9.62. The first-order valence-corrected chi connectivity index (χ1v) is 17.6. The second-order valence-electron chi connectivity index (χ2n) is 16.9. The number of rotatable bonds is 4. The van der Waals surface area contributed by atoms with Crippen molar-refractivity contribution < 1.29 is 67.4 Å². The van der Waals surface area contributed by atoms with Crippen molar-refractivity contribution in [1.82, 2.24) is 0 Å². The van der Waals surface area contributed by atoms with Crippen LogP contribution in [0, 0.1) is 57.7 Å². The summed E-state index contributed by atoms with van der Waals surface area (Å²) in [6.45, 7) is 13.6. The van der Waals surface area contributed by atoms with E-state index >= 15 is 0 Å². The molecule has 0 amide bonds. The van der Waals surface area contributed by atoms with Crippen molar-refractivity contribution in [2.24, 2.45) is 57.7 Å². The molecule has 7 aliphatic rings. The summed E-state index contributed by atoms with van der Waals surface area (Å²) < 4.78 is 36.4. The molecule has 0 aromatic heterocycles. The number of hydrogen-bond acceptors (Lipinski definition) is 14. The molecule has 2 N–H and O–H groups in total. The number of epoxide rings is 1. The lowest BCUT2D eigenvalue weighted by molar-refractivity contribution is -0.273. The number of hydrogen-bond donors (Lipinski definition) is 2. The van der Waals surface area contributed by atoms with E-state index in [0.29, 0.717) is 6.42 Å². The van der Waals surface area contributed by atoms with Crippen molar-refractivity contribution in [3.63, 3.8) is 0 Å². The average Bonchev–Trinajstić information content (AvgIpc) is 3.68. The molecule has 0 unspecified atom stereocenters. The Balaban J connectivity index is 1.53. The standard InChI is InChI=1S/C36H48O14/c1-12-10-19-35(8,36(9,44)32(43)50-19)24-21(12)34(7)22(28(24)45-13(2)37)20-23(29(46-14(3)38)31(34)48-16(5)40)33(6)17(25(41)26(20)42)11-18-27(49-18)30(33)47-15(4)39/h12,17-24,26-31,42,44H,10-11H2,1-9H3/t12-,17-,18+,19+,20+,21+,22-,23-,24+,26-,27+,28-,29+,30+,31+,33+,34-,35+,36-/m1/s1. The van der Waals surface area contributed by atoms with E-state index in [4.69, 9.17) is 28.4 Å². The van der Waals surface area contributed by atoms with Gasteiger partial charge >= 0.3 is 29.8 Å². The van der Waals surface area contributed by atoms with Gasteiger partial charge in [-0.1, -0.05) is 27.7 Å². The first kappa shape index (κ1) is 35.3. The van der Waals surface area contributed by atoms with Crippen molar-refractivity contribution in [3.05, 3.63) is 0 Å². The van der Waals surface area contributed by atoms with Crippen LogP contribution in [-0.2, 0) is 57.2 Å². The average molecular weight is 705 g/mol. The third-order valence-electron chi connectivity index (χ3n) is 14.5. The van der Waals surface area contributed by atoms with E-state index in [1.165, 1.54) is 34.6 Å². The molecule has 2 saturated heterocycles. The molecule has 19 atom stereocenters. The SMILES string of the molecule is CC(=O)O[C@@H]1[C@H]2[C@H]3[C@H]([C@H](OC(C)=O)[C@H](OC(C)=O)[C@]2(C)[C@@H]2[C@@H]1[C@]1(C)[C@H](C[C@H]2C)OC(=O)[C@@]1(C)O)[C@]1(C)[C@H](C[C@@H]2O[C@@H]2[C@@H]1OC(C)=O)C(=O)[C@@H]3O. The molecule has 7 fully saturated rings. The van der Waals surface area contributed by atoms with Gasteiger partial charge in [0.2, 0.25) is 0 Å². The van der Waals surface area contributed by atoms with Crippen LogP contribution in [0.5, 0.6) is 0 Å². The Morgan fingerprint density at radius 3 is 1.86 bits per heavy atom. The van der Waals surface area contributed by atoms with Gasteiger partial charge < -0.3 is 38.6 Å². The molecule has 0 aromatic carbocycles. The van der Waals surface area contributed by atoms with Crippen molar-refractivity contribution in [1.29, 1.82) is 0 Å². The summed E-state index contributed by atoms with van der Waals surface area (Å²) in [5.41, 5.74) is -5.96. The largest absolute Gasteiger partial charge is 0.462 e. The van der Waals surface area contributed by atoms with Crippen molar-refractivity contribution in [2.75, 3.05) is 0 Å². The van der Waals surface area contributed by atoms with Gasteiger partial charge in [-0.15, -0.1) is 0 Å². The maximum absolute atomic E-state index is 14.5. The van der Waals surface area contributed by atoms with E-state index in [2.05, 4.69) is 0 Å². The molecular weight excluding hydrogens is 656 g/mol. The zero-order valence-electron chi connectivity index (χ0n) is 29.9. The topological polar surface area (TPSA) is 202 Å². The van der Waals surface area contributed by atoms with Crippen LogP contribution in [0.2, 0.25) is 0 Å². The Hall–Kier alpha value is -3.10. The normalized spacial score (nSPS) is 53.9. The molecule has 14 nitrogen and oxygen atoms in total. The lowest BCUT2D eigenvalue weighted by atomic mass is 9.41. The number of carbonyl (C=O) groups is 6. The van der Waals surface area contributed by atoms with Crippen LogP contribution in [-0.4, -0.2) is 100 Å². The number of fused-ring (bicyclic) bond motifs is 10. The van der Waals surface area contributed by atoms with Gasteiger partial charge in [0.15, 0.2) is 11.4 Å². The fourth-order valence-corrected chi connectivity index (χ4v) is 12.7. The molecule has 0 radical (unpaired) electrons. The molecule has 7 rings (SSSR count). The summed E-state index contributed by atoms with van der Waals surface area (Å²) in [4.78, 5) is 79.8. The molecule has 5 saturated carbocycles. The Kier molecular flexibility index (Phi) is 7.74. The van der Waals surface area contributed by atoms with Crippen LogP contribution >= 0.6 is 0 Å². The fraction of sp³-hybridized carbons (Fsp3) is 0.833. The lowest BCUT2D eigenvalue weighted by Crippen LogP contribution is -2.74. The summed E-state index contributed by atoms with van der Waals surface area (Å²) in [7, 11) is 0. The van der Waals surface area contributed by atoms with E-state index in [1.807, 2.05) is 13.8 Å². The third kappa shape index (κ3) is 4.30. The second-order valence-corrected chi connectivity index (χ2v) is 16.9. The predicted molar refractivity (Wildman–Crippen MR) is 166 cm³/mol. The molecule has 2 heterocycles. The van der Waals surface area contributed by atoms with Gasteiger partial charge in [-0.05, 0) is 31.6 Å². The highest BCUT2D eigenvalue weighted by Crippen LogP contribution is 2.76. The maximum Gasteiger partial charge on any atom is 0.338 e. The predicted octanol–water partition coefficient (Wildman–Crippen LogP) is 1.29. The van der Waals surface area contributed by atoms with Crippen LogP contribution in [0.4, 0.5) is 0 Å². The van der Waals surface area contributed by atoms with E-state index in [-0.39, 0.29) is 12.3 Å². The number of carbonyl (C=O) groups excluding carboxylic acids is 6. The van der Waals surface area contributed by atoms with Gasteiger partial charge in [-0.2, -0.15) is 0 Å². The first-order chi connectivity index (χ1) is 23.1. The van der Waals surface area contributed by atoms with Gasteiger partial charge in [0, 0.05) is 68.1 Å². The quantitative estimate of drug-likeness (QED) is 0.241. The van der Waals surface area contributed by atoms with E-state index in [0.717, 1.165) is 0 Å². The lowest BCUT2D eigenvalue weighted by Gasteiger charge is -2.65. The van der Waals surface area contributed by atoms with E-state index in [9.17, 15) is 39.0 Å². The zero-order chi connectivity index (χ0) is 36.8. The Morgan fingerprint density at radius 2 is 1.28 bits per heavy atom. The minimum atomic E-state index is -2.03. The van der Waals surface area contributed by atoms with Crippen LogP contribution in [0.25, 0.3) is 0 Å². The minimum Gasteiger partial charge on any atom is -0.462 e. The number of Topliss-reactive ketones (excluding diaryl/α,β-unsaturated/α-hetero) is 1. The highest BCUT2D eigenvalue weighted by Gasteiger charge is 2.84. The molecule has 50 heavy (non-hydrogen) atoms. The number of ketones is 1. The Bertz CT molecular complexity index is 1560. The molecule has 14 heteroatoms. The van der Waals surface area contributed by atoms with Crippen LogP contribution in [0.1, 0.15) is 75.2 Å². The van der Waals surface area contributed by atoms with Gasteiger partial charge in [0.1, 0.15) is 42.7 Å². The number of aliphatic hydroxyl groups excluding tert-OH is 1. The van der Waals surface area contributed by atoms with Crippen molar-refractivity contribution >= 4 is 35.6 Å². The monoisotopic (exact) mass is 704 g/mol. The summed E-state index contributed by atoms with van der Waals surface area (Å²) in [5, 5.41) is 24.2. The highest BCUT2D eigenvalue weighted by molar-refractivity contribution is 5.88. The number of esters is 5. The molecule has 0 aromatic rings. The maximum atomic E-state index is 14.5. The molecule has 2 aliphatic heterocycles. The zero-order valence-corrected chi connectivity index (χ0v) is 29.9. The number of aliphatic hydroxyl groups is 2. The smallest absolute Gasteiger partial charge is 0.338 e. The Morgan fingerprint density at radius 1 is 0.740 bits per heavy atom. The van der Waals surface area contributed by atoms with Gasteiger partial charge in [0.05, 0.1) is 11.5 Å². The van der Waals surface area contributed by atoms with Crippen molar-refractivity contribution in [2.45, 2.75) is 130 Å². The highest BCUT2D eigenvalue weighted by atomic mass is 16.6. The molecule has 0 spiro atoms. The summed E-state index contributed by atoms with van der Waals surface area (Å²) >= 11 is 0. The first-order valence-electron chi connectivity index (χ1n) is 17.6. The summed E-state index contributed by atoms with van der Waals surface area (Å²) in [6.07, 6.45) is -7.46. The van der Waals surface area contributed by atoms with Gasteiger partial charge in [-0.25, -0.2) is 4.79 Å². The fourth-order valence-electron chi connectivity index (χ4n) is 12.7. The van der Waals surface area contributed by atoms with Gasteiger partial charge in [0.25, 0.3) is 0 Å². The number of ether oxygens (including phenoxy) is 6. The second kappa shape index (κ2) is 11.0. The van der Waals surface area contributed by atoms with Crippen LogP contribution < -0.4 is 0 Å².